The standard InChI is InChI=1S/C9H15F2NO/c1-6-3-2-4-7(5-6)12-9(13)8(10)11/h6-8H,2-5H2,1H3,(H,12,13). The maximum Gasteiger partial charge on any atom is 0.315 e. The minimum atomic E-state index is -2.88. The van der Waals surface area contributed by atoms with Crippen LogP contribution in [0.25, 0.3) is 0 Å². The minimum absolute atomic E-state index is 0.0368. The Kier molecular flexibility index (Phi) is 3.63. The Balaban J connectivity index is 2.31. The molecule has 0 radical (unpaired) electrons. The Bertz CT molecular complexity index is 184. The lowest BCUT2D eigenvalue weighted by Gasteiger charge is -2.27. The van der Waals surface area contributed by atoms with E-state index in [0.29, 0.717) is 5.92 Å². The van der Waals surface area contributed by atoms with Gasteiger partial charge in [0.25, 0.3) is 5.91 Å². The fraction of sp³-hybridized carbons (Fsp3) is 0.889. The fourth-order valence-electron chi connectivity index (χ4n) is 1.83. The molecule has 0 aromatic rings. The SMILES string of the molecule is CC1CCCC(NC(=O)C(F)F)C1. The maximum absolute atomic E-state index is 11.9. The van der Waals surface area contributed by atoms with Crippen molar-refractivity contribution in [3.05, 3.63) is 0 Å². The van der Waals surface area contributed by atoms with E-state index in [1.165, 1.54) is 0 Å². The molecule has 0 aromatic heterocycles. The zero-order valence-electron chi connectivity index (χ0n) is 7.72. The molecular weight excluding hydrogens is 176 g/mol. The van der Waals surface area contributed by atoms with Crippen LogP contribution in [0.15, 0.2) is 0 Å². The smallest absolute Gasteiger partial charge is 0.315 e. The second kappa shape index (κ2) is 4.53. The number of alkyl halides is 2. The van der Waals surface area contributed by atoms with Gasteiger partial charge in [-0.25, -0.2) is 0 Å². The lowest BCUT2D eigenvalue weighted by atomic mass is 9.87. The highest BCUT2D eigenvalue weighted by atomic mass is 19.3. The van der Waals surface area contributed by atoms with Crippen LogP contribution in [0.2, 0.25) is 0 Å². The highest BCUT2D eigenvalue weighted by Gasteiger charge is 2.23. The Morgan fingerprint density at radius 3 is 2.69 bits per heavy atom. The molecule has 2 unspecified atom stereocenters. The molecule has 0 heterocycles. The summed E-state index contributed by atoms with van der Waals surface area (Å²) < 4.78 is 23.7. The number of hydrogen-bond acceptors (Lipinski definition) is 1. The van der Waals surface area contributed by atoms with Gasteiger partial charge in [0.1, 0.15) is 0 Å². The Labute approximate surface area is 76.7 Å². The topological polar surface area (TPSA) is 29.1 Å². The molecule has 1 rings (SSSR count). The molecule has 1 saturated carbocycles. The zero-order valence-corrected chi connectivity index (χ0v) is 7.72. The second-order valence-corrected chi connectivity index (χ2v) is 3.78. The van der Waals surface area contributed by atoms with Crippen molar-refractivity contribution in [1.29, 1.82) is 0 Å². The van der Waals surface area contributed by atoms with Crippen molar-refractivity contribution >= 4 is 5.91 Å². The van der Waals surface area contributed by atoms with Gasteiger partial charge in [0.15, 0.2) is 0 Å². The van der Waals surface area contributed by atoms with Gasteiger partial charge in [-0.05, 0) is 18.8 Å². The van der Waals surface area contributed by atoms with Gasteiger partial charge >= 0.3 is 6.43 Å². The Morgan fingerprint density at radius 2 is 2.15 bits per heavy atom. The average Bonchev–Trinajstić information content (AvgIpc) is 2.04. The maximum atomic E-state index is 11.9. The number of amides is 1. The first-order valence-electron chi connectivity index (χ1n) is 4.68. The van der Waals surface area contributed by atoms with E-state index >= 15 is 0 Å². The summed E-state index contributed by atoms with van der Waals surface area (Å²) in [5, 5.41) is 2.36. The summed E-state index contributed by atoms with van der Waals surface area (Å²) in [5.41, 5.74) is 0. The number of halogens is 2. The van der Waals surface area contributed by atoms with Crippen molar-refractivity contribution in [3.8, 4) is 0 Å². The van der Waals surface area contributed by atoms with E-state index < -0.39 is 12.3 Å². The summed E-state index contributed by atoms with van der Waals surface area (Å²) in [7, 11) is 0. The lowest BCUT2D eigenvalue weighted by Crippen LogP contribution is -2.40. The highest BCUT2D eigenvalue weighted by molar-refractivity contribution is 5.79. The van der Waals surface area contributed by atoms with Gasteiger partial charge in [-0.1, -0.05) is 19.8 Å². The third kappa shape index (κ3) is 3.28. The summed E-state index contributed by atoms with van der Waals surface area (Å²) in [6, 6.07) is -0.0368. The van der Waals surface area contributed by atoms with Crippen molar-refractivity contribution in [2.24, 2.45) is 5.92 Å². The predicted molar refractivity (Wildman–Crippen MR) is 45.6 cm³/mol. The lowest BCUT2D eigenvalue weighted by molar-refractivity contribution is -0.132. The van der Waals surface area contributed by atoms with Gasteiger partial charge in [-0.3, -0.25) is 4.79 Å². The van der Waals surface area contributed by atoms with E-state index in [4.69, 9.17) is 0 Å². The average molecular weight is 191 g/mol. The molecule has 0 aliphatic heterocycles. The minimum Gasteiger partial charge on any atom is -0.348 e. The van der Waals surface area contributed by atoms with Crippen LogP contribution in [-0.4, -0.2) is 18.4 Å². The van der Waals surface area contributed by atoms with Crippen LogP contribution >= 0.6 is 0 Å². The van der Waals surface area contributed by atoms with Crippen LogP contribution in [0.3, 0.4) is 0 Å². The van der Waals surface area contributed by atoms with Crippen LogP contribution in [0, 0.1) is 5.92 Å². The second-order valence-electron chi connectivity index (χ2n) is 3.78. The Hall–Kier alpha value is -0.670. The zero-order chi connectivity index (χ0) is 9.84. The van der Waals surface area contributed by atoms with Gasteiger partial charge < -0.3 is 5.32 Å². The third-order valence-electron chi connectivity index (χ3n) is 2.48. The van der Waals surface area contributed by atoms with E-state index in [9.17, 15) is 13.6 Å². The first-order valence-corrected chi connectivity index (χ1v) is 4.68. The van der Waals surface area contributed by atoms with Gasteiger partial charge in [0, 0.05) is 6.04 Å². The molecule has 4 heteroatoms. The van der Waals surface area contributed by atoms with Crippen molar-refractivity contribution in [2.75, 3.05) is 0 Å². The van der Waals surface area contributed by atoms with Gasteiger partial charge in [0.05, 0.1) is 0 Å². The summed E-state index contributed by atoms with van der Waals surface area (Å²) in [6.45, 7) is 2.08. The van der Waals surface area contributed by atoms with Crippen LogP contribution in [0.4, 0.5) is 8.78 Å². The molecule has 2 nitrogen and oxygen atoms in total. The first-order chi connectivity index (χ1) is 6.09. The van der Waals surface area contributed by atoms with Gasteiger partial charge in [-0.2, -0.15) is 8.78 Å². The quantitative estimate of drug-likeness (QED) is 0.710. The van der Waals surface area contributed by atoms with Crippen LogP contribution < -0.4 is 5.32 Å². The molecule has 13 heavy (non-hydrogen) atoms. The molecule has 0 spiro atoms. The number of rotatable bonds is 2. The Morgan fingerprint density at radius 1 is 1.46 bits per heavy atom. The molecule has 1 N–H and O–H groups in total. The fourth-order valence-corrected chi connectivity index (χ4v) is 1.83. The summed E-state index contributed by atoms with van der Waals surface area (Å²) in [4.78, 5) is 10.7. The van der Waals surface area contributed by atoms with Crippen LogP contribution in [-0.2, 0) is 4.79 Å². The molecule has 0 aromatic carbocycles. The highest BCUT2D eigenvalue weighted by Crippen LogP contribution is 2.23. The van der Waals surface area contributed by atoms with E-state index in [0.717, 1.165) is 25.7 Å². The van der Waals surface area contributed by atoms with E-state index in [1.807, 2.05) is 0 Å². The molecule has 1 fully saturated rings. The number of carbonyl (C=O) groups is 1. The normalized spacial score (nSPS) is 28.9. The van der Waals surface area contributed by atoms with Crippen molar-refractivity contribution in [3.63, 3.8) is 0 Å². The molecule has 0 bridgehead atoms. The van der Waals surface area contributed by atoms with Crippen LogP contribution in [0.1, 0.15) is 32.6 Å². The third-order valence-corrected chi connectivity index (χ3v) is 2.48. The number of nitrogens with one attached hydrogen (secondary N) is 1. The van der Waals surface area contributed by atoms with E-state index in [1.54, 1.807) is 0 Å². The predicted octanol–water partition coefficient (Wildman–Crippen LogP) is 1.95. The molecule has 1 amide bonds. The van der Waals surface area contributed by atoms with Crippen molar-refractivity contribution < 1.29 is 13.6 Å². The summed E-state index contributed by atoms with van der Waals surface area (Å²) in [6.07, 6.45) is 0.953. The van der Waals surface area contributed by atoms with E-state index in [2.05, 4.69) is 12.2 Å². The number of carbonyl (C=O) groups excluding carboxylic acids is 1. The van der Waals surface area contributed by atoms with Crippen LogP contribution in [0.5, 0.6) is 0 Å². The largest absolute Gasteiger partial charge is 0.348 e. The molecule has 76 valence electrons. The summed E-state index contributed by atoms with van der Waals surface area (Å²) in [5.74, 6) is -0.587. The van der Waals surface area contributed by atoms with Gasteiger partial charge in [-0.15, -0.1) is 0 Å². The molecule has 2 atom stereocenters. The van der Waals surface area contributed by atoms with Gasteiger partial charge in [0.2, 0.25) is 0 Å². The summed E-state index contributed by atoms with van der Waals surface area (Å²) >= 11 is 0. The van der Waals surface area contributed by atoms with E-state index in [-0.39, 0.29) is 6.04 Å². The molecule has 1 aliphatic rings. The first kappa shape index (κ1) is 10.4. The van der Waals surface area contributed by atoms with Crippen molar-refractivity contribution in [2.45, 2.75) is 45.1 Å². The molecular formula is C9H15F2NO. The van der Waals surface area contributed by atoms with Crippen molar-refractivity contribution in [1.82, 2.24) is 5.32 Å². The monoisotopic (exact) mass is 191 g/mol. The molecule has 1 aliphatic carbocycles. The molecule has 0 saturated heterocycles. The number of hydrogen-bond donors (Lipinski definition) is 1.